The Hall–Kier alpha value is -1.48. The van der Waals surface area contributed by atoms with Crippen LogP contribution in [-0.4, -0.2) is 97.6 Å². The topological polar surface area (TPSA) is 99.5 Å². The second kappa shape index (κ2) is 14.5. The highest BCUT2D eigenvalue weighted by atomic mass is 16.5. The molecule has 0 aromatic rings. The van der Waals surface area contributed by atoms with E-state index in [0.717, 1.165) is 91.4 Å². The van der Waals surface area contributed by atoms with Gasteiger partial charge in [0.05, 0.1) is 26.4 Å². The molecule has 2 saturated heterocycles. The molecular formula is C22H38N2O6. The first-order valence-electron chi connectivity index (χ1n) is 11.4. The highest BCUT2D eigenvalue weighted by Crippen LogP contribution is 2.20. The van der Waals surface area contributed by atoms with Gasteiger partial charge in [0.1, 0.15) is 0 Å². The lowest BCUT2D eigenvalue weighted by atomic mass is 9.97. The highest BCUT2D eigenvalue weighted by molar-refractivity contribution is 5.98. The third kappa shape index (κ3) is 9.55. The van der Waals surface area contributed by atoms with Crippen LogP contribution in [0.2, 0.25) is 0 Å². The molecule has 2 aliphatic heterocycles. The molecule has 2 aliphatic rings. The zero-order chi connectivity index (χ0) is 21.6. The molecule has 0 amide bonds. The Morgan fingerprint density at radius 3 is 1.30 bits per heavy atom. The Morgan fingerprint density at radius 2 is 0.967 bits per heavy atom. The molecule has 0 spiro atoms. The molecule has 172 valence electrons. The number of nitrogens with zero attached hydrogens (tertiary/aromatic N) is 2. The van der Waals surface area contributed by atoms with E-state index in [1.165, 1.54) is 0 Å². The zero-order valence-electron chi connectivity index (χ0n) is 18.1. The van der Waals surface area contributed by atoms with Crippen LogP contribution in [0.1, 0.15) is 51.4 Å². The van der Waals surface area contributed by atoms with Crippen molar-refractivity contribution in [3.05, 3.63) is 11.1 Å². The third-order valence-corrected chi connectivity index (χ3v) is 5.89. The Morgan fingerprint density at radius 1 is 0.600 bits per heavy atom. The van der Waals surface area contributed by atoms with Crippen molar-refractivity contribution in [2.75, 3.05) is 65.7 Å². The molecule has 8 nitrogen and oxygen atoms in total. The summed E-state index contributed by atoms with van der Waals surface area (Å²) < 4.78 is 10.7. The van der Waals surface area contributed by atoms with Gasteiger partial charge in [-0.25, -0.2) is 9.59 Å². The Labute approximate surface area is 179 Å². The van der Waals surface area contributed by atoms with Gasteiger partial charge in [-0.3, -0.25) is 9.80 Å². The van der Waals surface area contributed by atoms with Crippen molar-refractivity contribution >= 4 is 11.9 Å². The summed E-state index contributed by atoms with van der Waals surface area (Å²) in [6.07, 6.45) is 5.87. The lowest BCUT2D eigenvalue weighted by molar-refractivity contribution is -0.136. The van der Waals surface area contributed by atoms with Crippen LogP contribution in [0, 0.1) is 0 Å². The van der Waals surface area contributed by atoms with E-state index < -0.39 is 11.9 Å². The van der Waals surface area contributed by atoms with Gasteiger partial charge in [-0.15, -0.1) is 0 Å². The van der Waals surface area contributed by atoms with Crippen LogP contribution in [0.4, 0.5) is 0 Å². The van der Waals surface area contributed by atoms with E-state index in [4.69, 9.17) is 9.47 Å². The molecule has 0 saturated carbocycles. The van der Waals surface area contributed by atoms with Crippen molar-refractivity contribution in [2.24, 2.45) is 0 Å². The Kier molecular flexibility index (Phi) is 12.0. The summed E-state index contributed by atoms with van der Waals surface area (Å²) in [5.74, 6) is -2.18. The molecule has 0 aromatic heterocycles. The maximum absolute atomic E-state index is 11.7. The standard InChI is InChI=1S/C22H38N2O6/c25-21(26)19(7-3-1-5-9-23-11-15-29-16-12-23)20(22(27)28)8-4-2-6-10-24-13-17-30-18-14-24/h1-18H2,(H,25,26)(H,27,28). The summed E-state index contributed by atoms with van der Waals surface area (Å²) in [5, 5.41) is 19.1. The maximum atomic E-state index is 11.7. The van der Waals surface area contributed by atoms with E-state index >= 15 is 0 Å². The number of carboxylic acids is 2. The monoisotopic (exact) mass is 426 g/mol. The zero-order valence-corrected chi connectivity index (χ0v) is 18.1. The first kappa shape index (κ1) is 24.8. The van der Waals surface area contributed by atoms with Gasteiger partial charge in [-0.2, -0.15) is 0 Å². The fraction of sp³-hybridized carbons (Fsp3) is 0.818. The van der Waals surface area contributed by atoms with E-state index in [2.05, 4.69) is 9.80 Å². The molecule has 2 N–H and O–H groups in total. The van der Waals surface area contributed by atoms with Crippen molar-refractivity contribution in [2.45, 2.75) is 51.4 Å². The van der Waals surface area contributed by atoms with E-state index in [1.54, 1.807) is 0 Å². The summed E-state index contributed by atoms with van der Waals surface area (Å²) in [4.78, 5) is 28.1. The van der Waals surface area contributed by atoms with Crippen molar-refractivity contribution in [3.63, 3.8) is 0 Å². The van der Waals surface area contributed by atoms with Crippen molar-refractivity contribution in [3.8, 4) is 0 Å². The molecule has 0 unspecified atom stereocenters. The van der Waals surface area contributed by atoms with E-state index in [0.29, 0.717) is 25.7 Å². The normalized spacial score (nSPS) is 19.5. The summed E-state index contributed by atoms with van der Waals surface area (Å²) in [6, 6.07) is 0. The van der Waals surface area contributed by atoms with Crippen LogP contribution in [-0.2, 0) is 19.1 Å². The van der Waals surface area contributed by atoms with Crippen molar-refractivity contribution < 1.29 is 29.3 Å². The molecule has 0 atom stereocenters. The first-order chi connectivity index (χ1) is 14.6. The fourth-order valence-electron chi connectivity index (χ4n) is 4.05. The fourth-order valence-corrected chi connectivity index (χ4v) is 4.05. The molecule has 2 rings (SSSR count). The average Bonchev–Trinajstić information content (AvgIpc) is 2.75. The molecule has 0 aliphatic carbocycles. The van der Waals surface area contributed by atoms with Gasteiger partial charge in [0.15, 0.2) is 0 Å². The summed E-state index contributed by atoms with van der Waals surface area (Å²) in [5.41, 5.74) is 0.170. The molecule has 2 fully saturated rings. The Balaban J connectivity index is 1.70. The van der Waals surface area contributed by atoms with E-state index in [1.807, 2.05) is 0 Å². The summed E-state index contributed by atoms with van der Waals surface area (Å²) in [6.45, 7) is 8.91. The molecule has 2 heterocycles. The smallest absolute Gasteiger partial charge is 0.332 e. The lowest BCUT2D eigenvalue weighted by Gasteiger charge is -2.26. The second-order valence-corrected chi connectivity index (χ2v) is 8.10. The number of carboxylic acid groups (broad SMARTS) is 2. The van der Waals surface area contributed by atoms with Gasteiger partial charge >= 0.3 is 11.9 Å². The number of unbranched alkanes of at least 4 members (excludes halogenated alkanes) is 4. The minimum Gasteiger partial charge on any atom is -0.478 e. The number of aliphatic carboxylic acids is 2. The number of morpholine rings is 2. The summed E-state index contributed by atoms with van der Waals surface area (Å²) >= 11 is 0. The second-order valence-electron chi connectivity index (χ2n) is 8.10. The Bertz CT molecular complexity index is 506. The largest absolute Gasteiger partial charge is 0.478 e. The molecule has 0 radical (unpaired) electrons. The van der Waals surface area contributed by atoms with Gasteiger partial charge in [-0.1, -0.05) is 12.8 Å². The third-order valence-electron chi connectivity index (χ3n) is 5.89. The van der Waals surface area contributed by atoms with Crippen LogP contribution < -0.4 is 0 Å². The lowest BCUT2D eigenvalue weighted by Crippen LogP contribution is -2.36. The summed E-state index contributed by atoms with van der Waals surface area (Å²) in [7, 11) is 0. The van der Waals surface area contributed by atoms with Crippen molar-refractivity contribution in [1.29, 1.82) is 0 Å². The molecule has 8 heteroatoms. The van der Waals surface area contributed by atoms with Crippen molar-refractivity contribution in [1.82, 2.24) is 9.80 Å². The van der Waals surface area contributed by atoms with Gasteiger partial charge in [0, 0.05) is 37.3 Å². The average molecular weight is 427 g/mol. The van der Waals surface area contributed by atoms with Gasteiger partial charge in [0.25, 0.3) is 0 Å². The molecule has 30 heavy (non-hydrogen) atoms. The number of hydrogen-bond acceptors (Lipinski definition) is 6. The first-order valence-corrected chi connectivity index (χ1v) is 11.4. The molecule has 0 bridgehead atoms. The van der Waals surface area contributed by atoms with Gasteiger partial charge in [-0.05, 0) is 51.6 Å². The number of rotatable bonds is 14. The minimum atomic E-state index is -1.09. The SMILES string of the molecule is O=C(O)C(CCCCCN1CCOCC1)=C(CCCCCN1CCOCC1)C(=O)O. The maximum Gasteiger partial charge on any atom is 0.332 e. The quantitative estimate of drug-likeness (QED) is 0.322. The van der Waals surface area contributed by atoms with Crippen LogP contribution in [0.25, 0.3) is 0 Å². The van der Waals surface area contributed by atoms with E-state index in [-0.39, 0.29) is 11.1 Å². The number of ether oxygens (including phenoxy) is 2. The minimum absolute atomic E-state index is 0.0852. The van der Waals surface area contributed by atoms with Crippen LogP contribution in [0.5, 0.6) is 0 Å². The van der Waals surface area contributed by atoms with Gasteiger partial charge in [0.2, 0.25) is 0 Å². The molecular weight excluding hydrogens is 388 g/mol. The van der Waals surface area contributed by atoms with Crippen LogP contribution in [0.3, 0.4) is 0 Å². The predicted molar refractivity (Wildman–Crippen MR) is 114 cm³/mol. The number of hydrogen-bond donors (Lipinski definition) is 2. The van der Waals surface area contributed by atoms with E-state index in [9.17, 15) is 19.8 Å². The van der Waals surface area contributed by atoms with Crippen LogP contribution >= 0.6 is 0 Å². The predicted octanol–water partition coefficient (Wildman–Crippen LogP) is 2.24. The van der Waals surface area contributed by atoms with Crippen LogP contribution in [0.15, 0.2) is 11.1 Å². The highest BCUT2D eigenvalue weighted by Gasteiger charge is 2.20. The van der Waals surface area contributed by atoms with Gasteiger partial charge < -0.3 is 19.7 Å². The number of carbonyl (C=O) groups is 2. The molecule has 0 aromatic carbocycles.